The second-order valence-electron chi connectivity index (χ2n) is 3.86. The Morgan fingerprint density at radius 1 is 1.75 bits per heavy atom. The van der Waals surface area contributed by atoms with Gasteiger partial charge in [0.25, 0.3) is 0 Å². The predicted octanol–water partition coefficient (Wildman–Crippen LogP) is 2.42. The van der Waals surface area contributed by atoms with Crippen molar-refractivity contribution in [1.29, 1.82) is 0 Å². The number of fused-ring (bicyclic) bond motifs is 1. The van der Waals surface area contributed by atoms with Gasteiger partial charge < -0.3 is 4.74 Å². The third-order valence-electron chi connectivity index (χ3n) is 2.93. The molecule has 2 aliphatic carbocycles. The second-order valence-corrected chi connectivity index (χ2v) is 4.11. The van der Waals surface area contributed by atoms with Crippen molar-refractivity contribution >= 4 is 17.6 Å². The molecule has 0 aliphatic heterocycles. The lowest BCUT2D eigenvalue weighted by Crippen LogP contribution is -2.18. The molecule has 2 nitrogen and oxygen atoms in total. The summed E-state index contributed by atoms with van der Waals surface area (Å²) in [4.78, 5) is 11.5. The number of ether oxygens (including phenoxy) is 1. The van der Waals surface area contributed by atoms with Crippen molar-refractivity contribution in [2.75, 3.05) is 7.11 Å². The van der Waals surface area contributed by atoms with Gasteiger partial charge in [-0.3, -0.25) is 4.79 Å². The molecule has 0 bridgehead atoms. The van der Waals surface area contributed by atoms with E-state index in [1.165, 1.54) is 12.6 Å². The number of hydrogen-bond donors (Lipinski definition) is 0. The summed E-state index contributed by atoms with van der Waals surface area (Å²) >= 11 is 5.36. The standard InChI is InChI=1S/C13H11ClO2/c1-16-12(15)13-6-5-10(4-2-3-7-14)8-11(13)9-13/h3,5-8,11H,9H2,1H3/b7-3+/t11-,13?/m0/s1. The average molecular weight is 235 g/mol. The van der Waals surface area contributed by atoms with E-state index in [4.69, 9.17) is 16.3 Å². The lowest BCUT2D eigenvalue weighted by atomic mass is 9.96. The number of carbonyl (C=O) groups is 1. The van der Waals surface area contributed by atoms with Crippen LogP contribution in [-0.4, -0.2) is 13.1 Å². The fraction of sp³-hybridized carbons (Fsp3) is 0.308. The molecule has 0 amide bonds. The van der Waals surface area contributed by atoms with Gasteiger partial charge >= 0.3 is 5.97 Å². The number of methoxy groups -OCH3 is 1. The maximum atomic E-state index is 11.5. The lowest BCUT2D eigenvalue weighted by Gasteiger charge is -2.11. The molecule has 0 aromatic heterocycles. The first kappa shape index (κ1) is 11.0. The van der Waals surface area contributed by atoms with E-state index >= 15 is 0 Å². The van der Waals surface area contributed by atoms with Crippen LogP contribution in [0.2, 0.25) is 0 Å². The van der Waals surface area contributed by atoms with Gasteiger partial charge in [0, 0.05) is 11.1 Å². The van der Waals surface area contributed by atoms with Crippen molar-refractivity contribution < 1.29 is 9.53 Å². The Hall–Kier alpha value is -1.46. The molecule has 1 fully saturated rings. The van der Waals surface area contributed by atoms with Crippen molar-refractivity contribution in [1.82, 2.24) is 0 Å². The highest BCUT2D eigenvalue weighted by atomic mass is 35.5. The topological polar surface area (TPSA) is 26.3 Å². The summed E-state index contributed by atoms with van der Waals surface area (Å²) in [5.74, 6) is 5.85. The Morgan fingerprint density at radius 3 is 3.19 bits per heavy atom. The van der Waals surface area contributed by atoms with Crippen LogP contribution < -0.4 is 0 Å². The minimum atomic E-state index is -0.401. The molecule has 82 valence electrons. The zero-order valence-electron chi connectivity index (χ0n) is 8.87. The molecule has 0 N–H and O–H groups in total. The number of hydrogen-bond acceptors (Lipinski definition) is 2. The smallest absolute Gasteiger partial charge is 0.316 e. The molecule has 0 heterocycles. The maximum Gasteiger partial charge on any atom is 0.316 e. The van der Waals surface area contributed by atoms with Crippen molar-refractivity contribution in [2.45, 2.75) is 6.42 Å². The zero-order chi connectivity index (χ0) is 11.6. The molecule has 2 rings (SSSR count). The van der Waals surface area contributed by atoms with E-state index in [2.05, 4.69) is 11.8 Å². The third kappa shape index (κ3) is 1.79. The molecular weight excluding hydrogens is 224 g/mol. The zero-order valence-corrected chi connectivity index (χ0v) is 9.62. The van der Waals surface area contributed by atoms with E-state index in [-0.39, 0.29) is 11.9 Å². The van der Waals surface area contributed by atoms with Crippen LogP contribution in [0.15, 0.2) is 35.4 Å². The van der Waals surface area contributed by atoms with Gasteiger partial charge in [0.1, 0.15) is 0 Å². The lowest BCUT2D eigenvalue weighted by molar-refractivity contribution is -0.145. The van der Waals surface area contributed by atoms with Crippen molar-refractivity contribution in [3.8, 4) is 11.8 Å². The van der Waals surface area contributed by atoms with Crippen LogP contribution in [0, 0.1) is 23.2 Å². The maximum absolute atomic E-state index is 11.5. The fourth-order valence-corrected chi connectivity index (χ4v) is 2.01. The summed E-state index contributed by atoms with van der Waals surface area (Å²) in [6, 6.07) is 0. The van der Waals surface area contributed by atoms with E-state index in [1.807, 2.05) is 18.2 Å². The highest BCUT2D eigenvalue weighted by Gasteiger charge is 2.59. The van der Waals surface area contributed by atoms with E-state index in [0.29, 0.717) is 0 Å². The van der Waals surface area contributed by atoms with E-state index in [1.54, 1.807) is 6.08 Å². The summed E-state index contributed by atoms with van der Waals surface area (Å²) in [5, 5.41) is 0. The number of carbonyl (C=O) groups excluding carboxylic acids is 1. The van der Waals surface area contributed by atoms with Crippen LogP contribution in [0.1, 0.15) is 6.42 Å². The Balaban J connectivity index is 2.11. The summed E-state index contributed by atoms with van der Waals surface area (Å²) in [7, 11) is 1.42. The summed E-state index contributed by atoms with van der Waals surface area (Å²) in [6.07, 6.45) is 8.19. The van der Waals surface area contributed by atoms with E-state index < -0.39 is 5.41 Å². The van der Waals surface area contributed by atoms with Crippen LogP contribution in [-0.2, 0) is 9.53 Å². The third-order valence-corrected chi connectivity index (χ3v) is 3.05. The normalized spacial score (nSPS) is 30.1. The number of halogens is 1. The minimum Gasteiger partial charge on any atom is -0.468 e. The Bertz CT molecular complexity index is 462. The Kier molecular flexibility index (Phi) is 2.89. The van der Waals surface area contributed by atoms with Crippen LogP contribution >= 0.6 is 11.6 Å². The molecular formula is C13H11ClO2. The Labute approximate surface area is 99.6 Å². The summed E-state index contributed by atoms with van der Waals surface area (Å²) in [6.45, 7) is 0. The van der Waals surface area contributed by atoms with Gasteiger partial charge in [-0.2, -0.15) is 0 Å². The van der Waals surface area contributed by atoms with Gasteiger partial charge in [-0.1, -0.05) is 35.6 Å². The number of allylic oxidation sites excluding steroid dienone is 4. The second kappa shape index (κ2) is 4.19. The molecule has 2 aliphatic rings. The van der Waals surface area contributed by atoms with Gasteiger partial charge in [-0.15, -0.1) is 0 Å². The molecule has 3 heteroatoms. The van der Waals surface area contributed by atoms with Gasteiger partial charge in [-0.05, 0) is 24.5 Å². The monoisotopic (exact) mass is 234 g/mol. The van der Waals surface area contributed by atoms with E-state index in [0.717, 1.165) is 12.0 Å². The summed E-state index contributed by atoms with van der Waals surface area (Å²) in [5.41, 5.74) is 1.90. The minimum absolute atomic E-state index is 0.155. The largest absolute Gasteiger partial charge is 0.468 e. The van der Waals surface area contributed by atoms with Gasteiger partial charge in [0.2, 0.25) is 0 Å². The molecule has 16 heavy (non-hydrogen) atoms. The van der Waals surface area contributed by atoms with Crippen molar-refractivity contribution in [2.24, 2.45) is 11.3 Å². The van der Waals surface area contributed by atoms with Gasteiger partial charge in [-0.25, -0.2) is 0 Å². The van der Waals surface area contributed by atoms with Gasteiger partial charge in [0.05, 0.1) is 12.5 Å². The highest BCUT2D eigenvalue weighted by molar-refractivity contribution is 6.25. The van der Waals surface area contributed by atoms with E-state index in [9.17, 15) is 4.79 Å². The molecule has 0 spiro atoms. The highest BCUT2D eigenvalue weighted by Crippen LogP contribution is 2.57. The van der Waals surface area contributed by atoms with Crippen LogP contribution in [0.3, 0.4) is 0 Å². The summed E-state index contributed by atoms with van der Waals surface area (Å²) < 4.78 is 4.78. The van der Waals surface area contributed by atoms with Crippen molar-refractivity contribution in [3.63, 3.8) is 0 Å². The quantitative estimate of drug-likeness (QED) is 0.515. The van der Waals surface area contributed by atoms with Crippen LogP contribution in [0.4, 0.5) is 0 Å². The van der Waals surface area contributed by atoms with Crippen molar-refractivity contribution in [3.05, 3.63) is 35.4 Å². The Morgan fingerprint density at radius 2 is 2.56 bits per heavy atom. The molecule has 0 saturated heterocycles. The first-order chi connectivity index (χ1) is 7.73. The molecule has 2 atom stereocenters. The van der Waals surface area contributed by atoms with Crippen LogP contribution in [0.25, 0.3) is 0 Å². The predicted molar refractivity (Wildman–Crippen MR) is 62.5 cm³/mol. The fourth-order valence-electron chi connectivity index (χ4n) is 1.95. The number of esters is 1. The number of rotatable bonds is 1. The van der Waals surface area contributed by atoms with Crippen LogP contribution in [0.5, 0.6) is 0 Å². The van der Waals surface area contributed by atoms with Gasteiger partial charge in [0.15, 0.2) is 0 Å². The first-order valence-electron chi connectivity index (χ1n) is 4.99. The molecule has 0 aromatic rings. The molecule has 1 unspecified atom stereocenters. The molecule has 0 radical (unpaired) electrons. The molecule has 1 saturated carbocycles. The SMILES string of the molecule is COC(=O)C12C=CC(C#C/C=C/Cl)=C[C@H]1C2. The first-order valence-corrected chi connectivity index (χ1v) is 5.43. The molecule has 0 aromatic carbocycles. The average Bonchev–Trinajstić information content (AvgIpc) is 3.03.